The van der Waals surface area contributed by atoms with Crippen molar-refractivity contribution in [2.45, 2.75) is 32.6 Å². The number of aromatic nitrogens is 3. The van der Waals surface area contributed by atoms with Gasteiger partial charge in [0.25, 0.3) is 5.91 Å². The molecular weight excluding hydrogens is 380 g/mol. The van der Waals surface area contributed by atoms with Crippen LogP contribution in [0.3, 0.4) is 0 Å². The average Bonchev–Trinajstić information content (AvgIpc) is 3.12. The fourth-order valence-corrected chi connectivity index (χ4v) is 4.21. The first-order chi connectivity index (χ1) is 14.6. The molecule has 0 radical (unpaired) electrons. The summed E-state index contributed by atoms with van der Waals surface area (Å²) in [5.74, 6) is 2.29. The number of methoxy groups -OCH3 is 2. The van der Waals surface area contributed by atoms with Crippen LogP contribution in [-0.4, -0.2) is 52.7 Å². The monoisotopic (exact) mass is 408 g/mol. The Morgan fingerprint density at radius 3 is 2.50 bits per heavy atom. The van der Waals surface area contributed by atoms with E-state index in [1.54, 1.807) is 24.9 Å². The minimum Gasteiger partial charge on any atom is -0.497 e. The standard InChI is InChI=1S/C23H28N4O3/c1-16-21(22-24-9-4-10-27(22)25-16)23(28)26-11-7-17(8-12-26)5-6-18-13-19(29-2)15-20(14-18)30-3/h4,9-10,13-15,17H,5-8,11-12H2,1-3H3. The highest BCUT2D eigenvalue weighted by molar-refractivity contribution is 6.01. The fraction of sp³-hybridized carbons (Fsp3) is 0.435. The third-order valence-electron chi connectivity index (χ3n) is 5.94. The van der Waals surface area contributed by atoms with E-state index in [1.807, 2.05) is 30.2 Å². The summed E-state index contributed by atoms with van der Waals surface area (Å²) >= 11 is 0. The van der Waals surface area contributed by atoms with E-state index in [9.17, 15) is 4.79 Å². The predicted molar refractivity (Wildman–Crippen MR) is 114 cm³/mol. The molecule has 0 N–H and O–H groups in total. The van der Waals surface area contributed by atoms with Gasteiger partial charge < -0.3 is 14.4 Å². The lowest BCUT2D eigenvalue weighted by molar-refractivity contribution is 0.0688. The number of aryl methyl sites for hydroxylation is 2. The topological polar surface area (TPSA) is 69.0 Å². The number of nitrogens with zero attached hydrogens (tertiary/aromatic N) is 4. The second kappa shape index (κ2) is 8.73. The summed E-state index contributed by atoms with van der Waals surface area (Å²) in [4.78, 5) is 19.4. The molecule has 1 aliphatic rings. The number of benzene rings is 1. The van der Waals surface area contributed by atoms with Crippen molar-refractivity contribution in [3.63, 3.8) is 0 Å². The largest absolute Gasteiger partial charge is 0.497 e. The van der Waals surface area contributed by atoms with Crippen LogP contribution in [0.4, 0.5) is 0 Å². The van der Waals surface area contributed by atoms with E-state index in [0.29, 0.717) is 17.1 Å². The Morgan fingerprint density at radius 1 is 1.13 bits per heavy atom. The lowest BCUT2D eigenvalue weighted by Crippen LogP contribution is -2.38. The van der Waals surface area contributed by atoms with E-state index in [2.05, 4.69) is 22.2 Å². The van der Waals surface area contributed by atoms with E-state index < -0.39 is 0 Å². The Morgan fingerprint density at radius 2 is 1.83 bits per heavy atom. The zero-order valence-corrected chi connectivity index (χ0v) is 17.8. The third-order valence-corrected chi connectivity index (χ3v) is 5.94. The molecular formula is C23H28N4O3. The van der Waals surface area contributed by atoms with Crippen LogP contribution in [0.15, 0.2) is 36.7 Å². The summed E-state index contributed by atoms with van der Waals surface area (Å²) in [7, 11) is 3.35. The third kappa shape index (κ3) is 4.10. The molecule has 0 bridgehead atoms. The molecule has 1 amide bonds. The van der Waals surface area contributed by atoms with E-state index in [0.717, 1.165) is 56.0 Å². The van der Waals surface area contributed by atoms with Gasteiger partial charge in [0, 0.05) is 31.5 Å². The van der Waals surface area contributed by atoms with E-state index in [-0.39, 0.29) is 5.91 Å². The fourth-order valence-electron chi connectivity index (χ4n) is 4.21. The molecule has 1 aliphatic heterocycles. The molecule has 0 spiro atoms. The number of fused-ring (bicyclic) bond motifs is 1. The van der Waals surface area contributed by atoms with Crippen molar-refractivity contribution in [2.75, 3.05) is 27.3 Å². The second-order valence-corrected chi connectivity index (χ2v) is 7.84. The molecule has 0 atom stereocenters. The maximum atomic E-state index is 13.1. The summed E-state index contributed by atoms with van der Waals surface area (Å²) in [6.45, 7) is 3.42. The van der Waals surface area contributed by atoms with Gasteiger partial charge in [0.15, 0.2) is 5.65 Å². The summed E-state index contributed by atoms with van der Waals surface area (Å²) in [5, 5.41) is 4.42. The number of hydrogen-bond acceptors (Lipinski definition) is 5. The van der Waals surface area contributed by atoms with Crippen molar-refractivity contribution >= 4 is 11.6 Å². The number of carbonyl (C=O) groups is 1. The number of carbonyl (C=O) groups excluding carboxylic acids is 1. The van der Waals surface area contributed by atoms with Crippen molar-refractivity contribution in [2.24, 2.45) is 5.92 Å². The Balaban J connectivity index is 1.36. The average molecular weight is 409 g/mol. The number of piperidine rings is 1. The molecule has 7 nitrogen and oxygen atoms in total. The van der Waals surface area contributed by atoms with Crippen LogP contribution in [-0.2, 0) is 6.42 Å². The van der Waals surface area contributed by atoms with Crippen molar-refractivity contribution in [1.82, 2.24) is 19.5 Å². The number of ether oxygens (including phenoxy) is 2. The number of hydrogen-bond donors (Lipinski definition) is 0. The van der Waals surface area contributed by atoms with E-state index in [4.69, 9.17) is 9.47 Å². The first kappa shape index (κ1) is 20.2. The molecule has 3 aromatic rings. The van der Waals surface area contributed by atoms with Crippen molar-refractivity contribution in [1.29, 1.82) is 0 Å². The van der Waals surface area contributed by atoms with Gasteiger partial charge in [-0.15, -0.1) is 0 Å². The summed E-state index contributed by atoms with van der Waals surface area (Å²) in [5.41, 5.74) is 3.21. The lowest BCUT2D eigenvalue weighted by atomic mass is 9.90. The van der Waals surface area contributed by atoms with Crippen molar-refractivity contribution < 1.29 is 14.3 Å². The van der Waals surface area contributed by atoms with Gasteiger partial charge in [-0.1, -0.05) is 0 Å². The highest BCUT2D eigenvalue weighted by Gasteiger charge is 2.27. The summed E-state index contributed by atoms with van der Waals surface area (Å²) < 4.78 is 12.4. The first-order valence-corrected chi connectivity index (χ1v) is 10.4. The van der Waals surface area contributed by atoms with Gasteiger partial charge in [0.05, 0.1) is 19.9 Å². The Kier molecular flexibility index (Phi) is 5.88. The van der Waals surface area contributed by atoms with Crippen LogP contribution in [0.5, 0.6) is 11.5 Å². The molecule has 158 valence electrons. The van der Waals surface area contributed by atoms with E-state index in [1.165, 1.54) is 5.56 Å². The molecule has 0 saturated carbocycles. The Labute approximate surface area is 176 Å². The highest BCUT2D eigenvalue weighted by atomic mass is 16.5. The minimum absolute atomic E-state index is 0.0391. The molecule has 30 heavy (non-hydrogen) atoms. The number of amides is 1. The van der Waals surface area contributed by atoms with Gasteiger partial charge in [0.1, 0.15) is 17.1 Å². The van der Waals surface area contributed by atoms with Crippen LogP contribution >= 0.6 is 0 Å². The molecule has 2 aromatic heterocycles. The summed E-state index contributed by atoms with van der Waals surface area (Å²) in [6, 6.07) is 7.85. The van der Waals surface area contributed by atoms with Gasteiger partial charge in [-0.2, -0.15) is 5.10 Å². The molecule has 1 saturated heterocycles. The van der Waals surface area contributed by atoms with Crippen LogP contribution in [0.25, 0.3) is 5.65 Å². The quantitative estimate of drug-likeness (QED) is 0.624. The maximum Gasteiger partial charge on any atom is 0.259 e. The predicted octanol–water partition coefficient (Wildman–Crippen LogP) is 3.54. The Hall–Kier alpha value is -3.09. The lowest BCUT2D eigenvalue weighted by Gasteiger charge is -2.32. The summed E-state index contributed by atoms with van der Waals surface area (Å²) in [6.07, 6.45) is 7.62. The molecule has 7 heteroatoms. The van der Waals surface area contributed by atoms with Gasteiger partial charge in [-0.3, -0.25) is 4.79 Å². The number of rotatable bonds is 6. The molecule has 0 aliphatic carbocycles. The van der Waals surface area contributed by atoms with Gasteiger partial charge in [-0.05, 0) is 62.3 Å². The molecule has 0 unspecified atom stereocenters. The normalized spacial score (nSPS) is 14.8. The van der Waals surface area contributed by atoms with Gasteiger partial charge in [-0.25, -0.2) is 9.50 Å². The van der Waals surface area contributed by atoms with Crippen molar-refractivity contribution in [3.8, 4) is 11.5 Å². The first-order valence-electron chi connectivity index (χ1n) is 10.4. The van der Waals surface area contributed by atoms with Crippen LogP contribution in [0.2, 0.25) is 0 Å². The van der Waals surface area contributed by atoms with Gasteiger partial charge in [0.2, 0.25) is 0 Å². The molecule has 3 heterocycles. The zero-order chi connectivity index (χ0) is 21.1. The second-order valence-electron chi connectivity index (χ2n) is 7.84. The van der Waals surface area contributed by atoms with Crippen LogP contribution < -0.4 is 9.47 Å². The molecule has 1 fully saturated rings. The van der Waals surface area contributed by atoms with Gasteiger partial charge >= 0.3 is 0 Å². The maximum absolute atomic E-state index is 13.1. The van der Waals surface area contributed by atoms with Crippen LogP contribution in [0.1, 0.15) is 40.9 Å². The zero-order valence-electron chi connectivity index (χ0n) is 17.8. The smallest absolute Gasteiger partial charge is 0.259 e. The Bertz CT molecular complexity index is 1020. The van der Waals surface area contributed by atoms with E-state index >= 15 is 0 Å². The van der Waals surface area contributed by atoms with Crippen molar-refractivity contribution in [3.05, 3.63) is 53.5 Å². The molecule has 4 rings (SSSR count). The number of likely N-dealkylation sites (tertiary alicyclic amines) is 1. The van der Waals surface area contributed by atoms with Crippen LogP contribution in [0, 0.1) is 12.8 Å². The highest BCUT2D eigenvalue weighted by Crippen LogP contribution is 2.28. The SMILES string of the molecule is COc1cc(CCC2CCN(C(=O)c3c(C)nn4cccnc34)CC2)cc(OC)c1. The molecule has 1 aromatic carbocycles. The minimum atomic E-state index is 0.0391.